The van der Waals surface area contributed by atoms with Gasteiger partial charge in [-0.3, -0.25) is 0 Å². The molecule has 0 aromatic rings. The number of hydrogen-bond acceptors (Lipinski definition) is 6. The molecule has 0 rings (SSSR count). The molecule has 0 spiro atoms. The van der Waals surface area contributed by atoms with Gasteiger partial charge >= 0.3 is 21.1 Å². The first-order chi connectivity index (χ1) is 8.67. The molecule has 0 radical (unpaired) electrons. The fourth-order valence-corrected chi connectivity index (χ4v) is 1.22. The summed E-state index contributed by atoms with van der Waals surface area (Å²) in [7, 11) is 0. The molecule has 2 atom stereocenters. The van der Waals surface area contributed by atoms with E-state index in [1.165, 1.54) is 0 Å². The SMILES string of the molecule is CC(OC(=S)[S-])C(C)(C)C.CC(OC(=S)[S-])C(C)(C)C.[Pt+2]. The van der Waals surface area contributed by atoms with Crippen molar-refractivity contribution in [3.8, 4) is 0 Å². The van der Waals surface area contributed by atoms with Gasteiger partial charge in [0.25, 0.3) is 0 Å². The van der Waals surface area contributed by atoms with Crippen molar-refractivity contribution in [2.75, 3.05) is 0 Å². The van der Waals surface area contributed by atoms with Crippen molar-refractivity contribution >= 4 is 58.5 Å². The van der Waals surface area contributed by atoms with Gasteiger partial charge in [0.2, 0.25) is 0 Å². The molecule has 0 aliphatic rings. The first-order valence-electron chi connectivity index (χ1n) is 6.43. The quantitative estimate of drug-likeness (QED) is 0.370. The van der Waals surface area contributed by atoms with Crippen LogP contribution in [0.25, 0.3) is 0 Å². The Morgan fingerprint density at radius 3 is 1.00 bits per heavy atom. The van der Waals surface area contributed by atoms with Crippen molar-refractivity contribution in [3.05, 3.63) is 0 Å². The molecule has 0 bridgehead atoms. The van der Waals surface area contributed by atoms with E-state index in [2.05, 4.69) is 91.2 Å². The summed E-state index contributed by atoms with van der Waals surface area (Å²) >= 11 is 18.5. The van der Waals surface area contributed by atoms with Gasteiger partial charge in [-0.25, -0.2) is 0 Å². The zero-order valence-electron chi connectivity index (χ0n) is 13.9. The van der Waals surface area contributed by atoms with Crippen LogP contribution in [-0.4, -0.2) is 21.0 Å². The van der Waals surface area contributed by atoms with Gasteiger partial charge in [-0.1, -0.05) is 41.5 Å². The van der Waals surface area contributed by atoms with Gasteiger partial charge in [-0.2, -0.15) is 0 Å². The fraction of sp³-hybridized carbons (Fsp3) is 0.857. The van der Waals surface area contributed by atoms with Crippen molar-refractivity contribution in [1.29, 1.82) is 0 Å². The molecular weight excluding hydrogens is 523 g/mol. The molecule has 0 aromatic heterocycles. The number of rotatable bonds is 2. The molecular formula is C14H26O2PtS4. The van der Waals surface area contributed by atoms with Gasteiger partial charge < -0.3 is 59.2 Å². The van der Waals surface area contributed by atoms with E-state index in [1.54, 1.807) is 0 Å². The Labute approximate surface area is 166 Å². The van der Waals surface area contributed by atoms with Crippen LogP contribution in [0.15, 0.2) is 0 Å². The molecule has 0 aliphatic heterocycles. The minimum atomic E-state index is 0. The van der Waals surface area contributed by atoms with Crippen molar-refractivity contribution in [2.24, 2.45) is 10.8 Å². The van der Waals surface area contributed by atoms with Crippen LogP contribution in [-0.2, 0) is 55.8 Å². The number of thiocarbonyl (C=S) groups is 2. The average Bonchev–Trinajstić information content (AvgIpc) is 2.13. The molecule has 0 amide bonds. The minimum Gasteiger partial charge on any atom is -0.510 e. The Hall–Kier alpha value is 0.908. The molecule has 0 aliphatic carbocycles. The summed E-state index contributed by atoms with van der Waals surface area (Å²) in [6.45, 7) is 16.5. The Bertz CT molecular complexity index is 290. The molecule has 0 N–H and O–H groups in total. The van der Waals surface area contributed by atoms with E-state index in [9.17, 15) is 0 Å². The maximum absolute atomic E-state index is 5.16. The standard InChI is InChI=1S/2C7H14OS2.Pt/c2*1-5(7(2,3)4)8-6(9)10;/h2*5H,1-4H3,(H,9,10);/q;;+2/p-2. The third-order valence-electron chi connectivity index (χ3n) is 2.99. The molecule has 2 nitrogen and oxygen atoms in total. The zero-order valence-corrected chi connectivity index (χ0v) is 19.5. The summed E-state index contributed by atoms with van der Waals surface area (Å²) in [4.78, 5) is 0. The summed E-state index contributed by atoms with van der Waals surface area (Å²) < 4.78 is 10.7. The Balaban J connectivity index is -0.000000295. The van der Waals surface area contributed by atoms with E-state index in [4.69, 9.17) is 9.47 Å². The molecule has 0 fully saturated rings. The number of hydrogen-bond donors (Lipinski definition) is 0. The van der Waals surface area contributed by atoms with E-state index >= 15 is 0 Å². The van der Waals surface area contributed by atoms with Gasteiger partial charge in [0.1, 0.15) is 0 Å². The van der Waals surface area contributed by atoms with Gasteiger partial charge in [-0.05, 0) is 24.7 Å². The van der Waals surface area contributed by atoms with Crippen LogP contribution < -0.4 is 0 Å². The Morgan fingerprint density at radius 2 is 0.952 bits per heavy atom. The van der Waals surface area contributed by atoms with Crippen molar-refractivity contribution in [3.63, 3.8) is 0 Å². The van der Waals surface area contributed by atoms with E-state index < -0.39 is 0 Å². The minimum absolute atomic E-state index is 0. The van der Waals surface area contributed by atoms with Crippen LogP contribution in [0.4, 0.5) is 0 Å². The summed E-state index contributed by atoms with van der Waals surface area (Å²) in [5, 5.41) is 0. The maximum Gasteiger partial charge on any atom is 2.00 e. The van der Waals surface area contributed by atoms with Crippen molar-refractivity contribution in [1.82, 2.24) is 0 Å². The predicted octanol–water partition coefficient (Wildman–Crippen LogP) is 4.54. The fourth-order valence-electron chi connectivity index (χ4n) is 0.642. The molecule has 0 heterocycles. The third-order valence-corrected chi connectivity index (χ3v) is 3.37. The normalized spacial score (nSPS) is 13.7. The molecule has 21 heavy (non-hydrogen) atoms. The van der Waals surface area contributed by atoms with Crippen LogP contribution in [0.2, 0.25) is 0 Å². The van der Waals surface area contributed by atoms with Gasteiger partial charge in [-0.15, -0.1) is 0 Å². The predicted molar refractivity (Wildman–Crippen MR) is 99.9 cm³/mol. The summed E-state index contributed by atoms with van der Waals surface area (Å²) in [6, 6.07) is 0. The van der Waals surface area contributed by atoms with Crippen LogP contribution in [0.1, 0.15) is 55.4 Å². The summed E-state index contributed by atoms with van der Waals surface area (Å²) in [5.74, 6) is 0. The van der Waals surface area contributed by atoms with Crippen molar-refractivity contribution in [2.45, 2.75) is 67.6 Å². The molecule has 2 unspecified atom stereocenters. The molecule has 0 saturated carbocycles. The first kappa shape index (κ1) is 26.8. The first-order valence-corrected chi connectivity index (χ1v) is 8.06. The average molecular weight is 550 g/mol. The van der Waals surface area contributed by atoms with E-state index in [1.807, 2.05) is 13.8 Å². The Morgan fingerprint density at radius 1 is 0.762 bits per heavy atom. The van der Waals surface area contributed by atoms with E-state index in [0.717, 1.165) is 0 Å². The second-order valence-electron chi connectivity index (χ2n) is 6.75. The zero-order chi connectivity index (χ0) is 16.7. The van der Waals surface area contributed by atoms with Gasteiger partial charge in [0.05, 0.1) is 12.2 Å². The van der Waals surface area contributed by atoms with Gasteiger partial charge in [0.15, 0.2) is 0 Å². The molecule has 0 aromatic carbocycles. The molecule has 7 heteroatoms. The summed E-state index contributed by atoms with van der Waals surface area (Å²) in [6.07, 6.45) is 0.190. The van der Waals surface area contributed by atoms with E-state index in [-0.39, 0.29) is 52.9 Å². The second kappa shape index (κ2) is 11.4. The van der Waals surface area contributed by atoms with Crippen LogP contribution in [0.5, 0.6) is 0 Å². The van der Waals surface area contributed by atoms with E-state index in [0.29, 0.717) is 0 Å². The molecule has 128 valence electrons. The van der Waals surface area contributed by atoms with Crippen LogP contribution in [0.3, 0.4) is 0 Å². The topological polar surface area (TPSA) is 18.5 Å². The maximum atomic E-state index is 5.16. The van der Waals surface area contributed by atoms with Crippen molar-refractivity contribution < 1.29 is 30.5 Å². The van der Waals surface area contributed by atoms with Crippen LogP contribution in [0, 0.1) is 10.8 Å². The number of ether oxygens (including phenoxy) is 2. The second-order valence-corrected chi connectivity index (χ2v) is 8.75. The van der Waals surface area contributed by atoms with Crippen LogP contribution >= 0.6 is 24.4 Å². The largest absolute Gasteiger partial charge is 2.00 e. The smallest absolute Gasteiger partial charge is 0.510 e. The van der Waals surface area contributed by atoms with Gasteiger partial charge in [0, 0.05) is 8.77 Å². The third kappa shape index (κ3) is 17.1. The monoisotopic (exact) mass is 549 g/mol. The Kier molecular flexibility index (Phi) is 14.6. The molecule has 0 saturated heterocycles. The summed E-state index contributed by atoms with van der Waals surface area (Å²) in [5.41, 5.74) is 0.228.